The number of amides is 2. The Labute approximate surface area is 235 Å². The van der Waals surface area contributed by atoms with Crippen molar-refractivity contribution in [2.24, 2.45) is 12.8 Å². The Balaban J connectivity index is 1.52. The number of carbonyl (C=O) groups excluding carboxylic acids is 2. The van der Waals surface area contributed by atoms with Gasteiger partial charge in [0.15, 0.2) is 5.69 Å². The zero-order valence-electron chi connectivity index (χ0n) is 20.9. The summed E-state index contributed by atoms with van der Waals surface area (Å²) < 4.78 is 70.3. The minimum Gasteiger partial charge on any atom is -0.365 e. The molecule has 4 heterocycles. The molecule has 0 saturated heterocycles. The molecule has 0 aromatic carbocycles. The molecule has 0 unspecified atom stereocenters. The van der Waals surface area contributed by atoms with Gasteiger partial charge in [-0.05, 0) is 47.3 Å². The van der Waals surface area contributed by atoms with Crippen LogP contribution in [0.2, 0.25) is 0 Å². The monoisotopic (exact) mass is 645 g/mol. The van der Waals surface area contributed by atoms with E-state index >= 15 is 0 Å². The maximum absolute atomic E-state index is 13.7. The molecule has 1 fully saturated rings. The van der Waals surface area contributed by atoms with E-state index in [0.717, 1.165) is 11.3 Å². The molecule has 0 bridgehead atoms. The van der Waals surface area contributed by atoms with Crippen molar-refractivity contribution in [2.45, 2.75) is 51.3 Å². The van der Waals surface area contributed by atoms with Crippen molar-refractivity contribution in [3.05, 3.63) is 44.4 Å². The number of thiophene rings is 1. The Kier molecular flexibility index (Phi) is 7.18. The molecule has 40 heavy (non-hydrogen) atoms. The van der Waals surface area contributed by atoms with Crippen LogP contribution in [0.15, 0.2) is 16.7 Å². The summed E-state index contributed by atoms with van der Waals surface area (Å²) in [5.74, 6) is -1.65. The van der Waals surface area contributed by atoms with E-state index in [1.807, 2.05) is 0 Å². The number of pyridine rings is 1. The van der Waals surface area contributed by atoms with Gasteiger partial charge in [0.1, 0.15) is 15.4 Å². The maximum atomic E-state index is 13.7. The zero-order valence-corrected chi connectivity index (χ0v) is 23.3. The van der Waals surface area contributed by atoms with Gasteiger partial charge in [-0.15, -0.1) is 11.3 Å². The molecular formula is C24H21BrF5N7O2S. The maximum Gasteiger partial charge on any atom is 0.436 e. The molecule has 3 N–H and O–H groups in total. The summed E-state index contributed by atoms with van der Waals surface area (Å²) in [6, 6.07) is 1.17. The molecule has 0 aliphatic heterocycles. The van der Waals surface area contributed by atoms with Gasteiger partial charge in [0.2, 0.25) is 5.91 Å². The third kappa shape index (κ3) is 5.21. The average molecular weight is 646 g/mol. The molecule has 4 aromatic rings. The van der Waals surface area contributed by atoms with Crippen molar-refractivity contribution in [2.75, 3.05) is 5.32 Å². The first-order valence-electron chi connectivity index (χ1n) is 12.0. The lowest BCUT2D eigenvalue weighted by atomic mass is 10.0. The Bertz CT molecular complexity index is 1660. The van der Waals surface area contributed by atoms with Gasteiger partial charge in [-0.1, -0.05) is 0 Å². The number of primary amides is 1. The molecule has 0 spiro atoms. The summed E-state index contributed by atoms with van der Waals surface area (Å²) >= 11 is 3.77. The number of aryl methyl sites for hydroxylation is 3. The number of aromatic nitrogens is 5. The lowest BCUT2D eigenvalue weighted by Crippen LogP contribution is -2.19. The standard InChI is InChI=1S/C24H21BrF5N7O2S/c1-9-12(8-36(2)34-9)11-7-13(21(26)27)32-23-15(11)17(19(40-23)22(31)39)33-14(38)5-6-37-18(10-3-4-10)16(25)20(35-37)24(28,29)30/h7-8,10,21H,3-6H2,1-2H3,(H2,31,39)(H,33,38). The minimum absolute atomic E-state index is 0.0101. The van der Waals surface area contributed by atoms with Gasteiger partial charge in [0.25, 0.3) is 12.3 Å². The summed E-state index contributed by atoms with van der Waals surface area (Å²) in [5, 5.41) is 10.8. The number of hydrogen-bond acceptors (Lipinski definition) is 6. The Hall–Kier alpha value is -3.40. The van der Waals surface area contributed by atoms with Crippen LogP contribution in [-0.2, 0) is 24.6 Å². The topological polar surface area (TPSA) is 121 Å². The molecule has 1 saturated carbocycles. The van der Waals surface area contributed by atoms with E-state index in [9.17, 15) is 31.5 Å². The number of rotatable bonds is 8. The van der Waals surface area contributed by atoms with Crippen LogP contribution in [0.4, 0.5) is 27.6 Å². The second kappa shape index (κ2) is 10.2. The van der Waals surface area contributed by atoms with Gasteiger partial charge >= 0.3 is 6.18 Å². The first-order chi connectivity index (χ1) is 18.8. The molecule has 212 valence electrons. The number of nitrogens with one attached hydrogen (secondary N) is 1. The van der Waals surface area contributed by atoms with Crippen LogP contribution in [0.5, 0.6) is 0 Å². The lowest BCUT2D eigenvalue weighted by molar-refractivity contribution is -0.142. The lowest BCUT2D eigenvalue weighted by Gasteiger charge is -2.11. The smallest absolute Gasteiger partial charge is 0.365 e. The third-order valence-electron chi connectivity index (χ3n) is 6.41. The second-order valence-electron chi connectivity index (χ2n) is 9.39. The summed E-state index contributed by atoms with van der Waals surface area (Å²) in [6.45, 7) is 1.51. The number of nitrogens with two attached hydrogens (primary N) is 1. The van der Waals surface area contributed by atoms with E-state index in [2.05, 4.69) is 36.4 Å². The molecule has 1 aliphatic carbocycles. The number of fused-ring (bicyclic) bond motifs is 1. The summed E-state index contributed by atoms with van der Waals surface area (Å²) in [7, 11) is 1.65. The van der Waals surface area contributed by atoms with Crippen LogP contribution >= 0.6 is 27.3 Å². The number of carbonyl (C=O) groups is 2. The van der Waals surface area contributed by atoms with Gasteiger partial charge < -0.3 is 11.1 Å². The molecule has 16 heteroatoms. The van der Waals surface area contributed by atoms with Crippen LogP contribution < -0.4 is 11.1 Å². The highest BCUT2D eigenvalue weighted by atomic mass is 79.9. The molecule has 1 aliphatic rings. The van der Waals surface area contributed by atoms with E-state index in [0.29, 0.717) is 29.8 Å². The fourth-order valence-electron chi connectivity index (χ4n) is 4.56. The summed E-state index contributed by atoms with van der Waals surface area (Å²) in [5.41, 5.74) is 5.60. The van der Waals surface area contributed by atoms with Crippen LogP contribution in [0.3, 0.4) is 0 Å². The molecular weight excluding hydrogens is 625 g/mol. The number of halogens is 6. The number of hydrogen-bond donors (Lipinski definition) is 2. The molecule has 0 radical (unpaired) electrons. The second-order valence-corrected chi connectivity index (χ2v) is 11.2. The van der Waals surface area contributed by atoms with E-state index in [1.165, 1.54) is 15.4 Å². The Morgan fingerprint density at radius 2 is 1.95 bits per heavy atom. The van der Waals surface area contributed by atoms with Gasteiger partial charge in [0.05, 0.1) is 28.1 Å². The van der Waals surface area contributed by atoms with Crippen LogP contribution in [0, 0.1) is 6.92 Å². The fourth-order valence-corrected chi connectivity index (χ4v) is 6.41. The number of anilines is 1. The molecule has 2 amide bonds. The van der Waals surface area contributed by atoms with Crippen LogP contribution in [-0.4, -0.2) is 36.4 Å². The molecule has 4 aromatic heterocycles. The van der Waals surface area contributed by atoms with Crippen molar-refractivity contribution in [3.8, 4) is 11.1 Å². The first-order valence-corrected chi connectivity index (χ1v) is 13.6. The summed E-state index contributed by atoms with van der Waals surface area (Å²) in [6.07, 6.45) is -4.84. The highest BCUT2D eigenvalue weighted by molar-refractivity contribution is 9.10. The van der Waals surface area contributed by atoms with Gasteiger partial charge in [-0.2, -0.15) is 23.4 Å². The Morgan fingerprint density at radius 1 is 1.25 bits per heavy atom. The largest absolute Gasteiger partial charge is 0.436 e. The van der Waals surface area contributed by atoms with E-state index in [1.54, 1.807) is 20.2 Å². The molecule has 9 nitrogen and oxygen atoms in total. The van der Waals surface area contributed by atoms with Crippen molar-refractivity contribution < 1.29 is 31.5 Å². The highest BCUT2D eigenvalue weighted by Crippen LogP contribution is 2.47. The normalized spacial score (nSPS) is 13.9. The fraction of sp³-hybridized carbons (Fsp3) is 0.375. The summed E-state index contributed by atoms with van der Waals surface area (Å²) in [4.78, 5) is 29.3. The SMILES string of the molecule is Cc1nn(C)cc1-c1cc(C(F)F)nc2sc(C(N)=O)c(NC(=O)CCn3nc(C(F)(F)F)c(Br)c3C3CC3)c12. The van der Waals surface area contributed by atoms with Gasteiger partial charge in [-0.3, -0.25) is 19.0 Å². The average Bonchev–Trinajstić information content (AvgIpc) is 3.41. The quantitative estimate of drug-likeness (QED) is 0.230. The van der Waals surface area contributed by atoms with E-state index in [-0.39, 0.29) is 49.7 Å². The van der Waals surface area contributed by atoms with Crippen molar-refractivity contribution in [1.29, 1.82) is 0 Å². The number of nitrogens with zero attached hydrogens (tertiary/aromatic N) is 5. The Morgan fingerprint density at radius 3 is 2.50 bits per heavy atom. The van der Waals surface area contributed by atoms with E-state index < -0.39 is 35.8 Å². The molecule has 5 rings (SSSR count). The van der Waals surface area contributed by atoms with E-state index in [4.69, 9.17) is 5.73 Å². The predicted molar refractivity (Wildman–Crippen MR) is 140 cm³/mol. The van der Waals surface area contributed by atoms with Gasteiger partial charge in [0, 0.05) is 36.5 Å². The minimum atomic E-state index is -4.67. The van der Waals surface area contributed by atoms with Crippen LogP contribution in [0.25, 0.3) is 21.3 Å². The van der Waals surface area contributed by atoms with Gasteiger partial charge in [-0.25, -0.2) is 13.8 Å². The first kappa shape index (κ1) is 28.1. The molecule has 0 atom stereocenters. The highest BCUT2D eigenvalue weighted by Gasteiger charge is 2.41. The van der Waals surface area contributed by atoms with Crippen LogP contribution in [0.1, 0.15) is 64.1 Å². The van der Waals surface area contributed by atoms with Crippen molar-refractivity contribution >= 4 is 55.0 Å². The van der Waals surface area contributed by atoms with Crippen molar-refractivity contribution in [3.63, 3.8) is 0 Å². The number of alkyl halides is 5. The van der Waals surface area contributed by atoms with Crippen molar-refractivity contribution in [1.82, 2.24) is 24.5 Å². The zero-order chi connectivity index (χ0) is 29.1. The third-order valence-corrected chi connectivity index (χ3v) is 8.29. The predicted octanol–water partition coefficient (Wildman–Crippen LogP) is 5.93.